The summed E-state index contributed by atoms with van der Waals surface area (Å²) in [5.74, 6) is 4.78. The molecule has 0 spiro atoms. The van der Waals surface area contributed by atoms with E-state index in [9.17, 15) is 0 Å². The van der Waals surface area contributed by atoms with Gasteiger partial charge in [0.2, 0.25) is 0 Å². The van der Waals surface area contributed by atoms with Crippen molar-refractivity contribution < 1.29 is 0 Å². The Balaban J connectivity index is 2.18. The molecule has 0 aromatic heterocycles. The second-order valence-corrected chi connectivity index (χ2v) is 6.23. The predicted molar refractivity (Wildman–Crippen MR) is 71.3 cm³/mol. The van der Waals surface area contributed by atoms with Gasteiger partial charge in [0.05, 0.1) is 0 Å². The molecule has 92 valence electrons. The fraction of sp³-hybridized carbons (Fsp3) is 0.875. The summed E-state index contributed by atoms with van der Waals surface area (Å²) in [4.78, 5) is 0. The molecule has 2 aliphatic rings. The van der Waals surface area contributed by atoms with Crippen LogP contribution in [-0.4, -0.2) is 0 Å². The Hall–Kier alpha value is -0.260. The molecule has 0 radical (unpaired) electrons. The van der Waals surface area contributed by atoms with Crippen molar-refractivity contribution in [3.05, 3.63) is 11.1 Å². The minimum Gasteiger partial charge on any atom is -0.0710 e. The molecule has 0 nitrogen and oxygen atoms in total. The van der Waals surface area contributed by atoms with Crippen molar-refractivity contribution in [2.75, 3.05) is 0 Å². The van der Waals surface area contributed by atoms with Gasteiger partial charge >= 0.3 is 0 Å². The standard InChI is InChI=1S/C16H28/c1-6-13-8-15-11(4)10(3)12(5)16(15)9-14(13)7-2/h11,13-16H,6-9H2,1-5H3/t11?,13-,14+,15?,16?/m0/s1. The van der Waals surface area contributed by atoms with Crippen LogP contribution in [0, 0.1) is 29.6 Å². The van der Waals surface area contributed by atoms with Crippen LogP contribution in [0.2, 0.25) is 0 Å². The topological polar surface area (TPSA) is 0 Å². The highest BCUT2D eigenvalue weighted by molar-refractivity contribution is 5.25. The predicted octanol–water partition coefficient (Wildman–Crippen LogP) is 5.05. The van der Waals surface area contributed by atoms with E-state index in [1.54, 1.807) is 11.1 Å². The van der Waals surface area contributed by atoms with Gasteiger partial charge in [-0.15, -0.1) is 0 Å². The van der Waals surface area contributed by atoms with Crippen LogP contribution in [-0.2, 0) is 0 Å². The van der Waals surface area contributed by atoms with Crippen LogP contribution in [0.1, 0.15) is 60.3 Å². The summed E-state index contributed by atoms with van der Waals surface area (Å²) in [7, 11) is 0. The summed E-state index contributed by atoms with van der Waals surface area (Å²) >= 11 is 0. The van der Waals surface area contributed by atoms with Gasteiger partial charge in [-0.05, 0) is 56.3 Å². The van der Waals surface area contributed by atoms with Crippen molar-refractivity contribution >= 4 is 0 Å². The van der Waals surface area contributed by atoms with Crippen LogP contribution in [0.25, 0.3) is 0 Å². The highest BCUT2D eigenvalue weighted by Crippen LogP contribution is 2.53. The molecular weight excluding hydrogens is 192 g/mol. The van der Waals surface area contributed by atoms with Crippen molar-refractivity contribution in [3.8, 4) is 0 Å². The van der Waals surface area contributed by atoms with Crippen molar-refractivity contribution in [3.63, 3.8) is 0 Å². The van der Waals surface area contributed by atoms with E-state index in [0.29, 0.717) is 0 Å². The zero-order valence-electron chi connectivity index (χ0n) is 11.7. The number of hydrogen-bond donors (Lipinski definition) is 0. The van der Waals surface area contributed by atoms with Gasteiger partial charge in [-0.25, -0.2) is 0 Å². The zero-order valence-corrected chi connectivity index (χ0v) is 11.7. The highest BCUT2D eigenvalue weighted by atomic mass is 14.5. The Labute approximate surface area is 102 Å². The molecule has 5 atom stereocenters. The van der Waals surface area contributed by atoms with Crippen molar-refractivity contribution in [1.29, 1.82) is 0 Å². The summed E-state index contributed by atoms with van der Waals surface area (Å²) in [5, 5.41) is 0. The second-order valence-electron chi connectivity index (χ2n) is 6.23. The maximum atomic E-state index is 2.46. The van der Waals surface area contributed by atoms with Crippen molar-refractivity contribution in [1.82, 2.24) is 0 Å². The Morgan fingerprint density at radius 1 is 0.938 bits per heavy atom. The summed E-state index contributed by atoms with van der Waals surface area (Å²) in [5.41, 5.74) is 3.45. The lowest BCUT2D eigenvalue weighted by molar-refractivity contribution is 0.114. The third kappa shape index (κ3) is 1.75. The molecule has 2 aliphatic carbocycles. The average molecular weight is 220 g/mol. The fourth-order valence-electron chi connectivity index (χ4n) is 4.42. The molecule has 3 unspecified atom stereocenters. The number of hydrogen-bond acceptors (Lipinski definition) is 0. The molecule has 0 heteroatoms. The second kappa shape index (κ2) is 4.55. The van der Waals surface area contributed by atoms with Gasteiger partial charge in [0, 0.05) is 0 Å². The molecule has 1 fully saturated rings. The number of allylic oxidation sites excluding steroid dienone is 2. The van der Waals surface area contributed by atoms with E-state index in [1.165, 1.54) is 25.7 Å². The first-order valence-electron chi connectivity index (χ1n) is 7.27. The first-order valence-corrected chi connectivity index (χ1v) is 7.27. The lowest BCUT2D eigenvalue weighted by Gasteiger charge is -2.40. The minimum atomic E-state index is 0.858. The summed E-state index contributed by atoms with van der Waals surface area (Å²) < 4.78 is 0. The molecule has 16 heavy (non-hydrogen) atoms. The van der Waals surface area contributed by atoms with Crippen LogP contribution >= 0.6 is 0 Å². The van der Waals surface area contributed by atoms with E-state index in [2.05, 4.69) is 34.6 Å². The van der Waals surface area contributed by atoms with Gasteiger partial charge in [-0.3, -0.25) is 0 Å². The van der Waals surface area contributed by atoms with Crippen LogP contribution in [0.15, 0.2) is 11.1 Å². The Morgan fingerprint density at radius 3 is 2.06 bits per heavy atom. The highest BCUT2D eigenvalue weighted by Gasteiger charge is 2.43. The monoisotopic (exact) mass is 220 g/mol. The third-order valence-corrected chi connectivity index (χ3v) is 5.87. The fourth-order valence-corrected chi connectivity index (χ4v) is 4.42. The molecule has 0 N–H and O–H groups in total. The lowest BCUT2D eigenvalue weighted by Crippen LogP contribution is -2.32. The van der Waals surface area contributed by atoms with E-state index in [-0.39, 0.29) is 0 Å². The maximum absolute atomic E-state index is 2.46. The molecule has 0 aromatic rings. The maximum Gasteiger partial charge on any atom is -0.0167 e. The van der Waals surface area contributed by atoms with Crippen molar-refractivity contribution in [2.24, 2.45) is 29.6 Å². The minimum absolute atomic E-state index is 0.858. The average Bonchev–Trinajstić information content (AvgIpc) is 2.52. The molecule has 0 saturated heterocycles. The Kier molecular flexibility index (Phi) is 3.47. The number of fused-ring (bicyclic) bond motifs is 1. The quantitative estimate of drug-likeness (QED) is 0.571. The summed E-state index contributed by atoms with van der Waals surface area (Å²) in [6.07, 6.45) is 5.76. The molecule has 1 saturated carbocycles. The van der Waals surface area contributed by atoms with Gasteiger partial charge in [0.15, 0.2) is 0 Å². The molecule has 2 rings (SSSR count). The van der Waals surface area contributed by atoms with Gasteiger partial charge in [-0.2, -0.15) is 0 Å². The van der Waals surface area contributed by atoms with Crippen LogP contribution < -0.4 is 0 Å². The van der Waals surface area contributed by atoms with Crippen LogP contribution in [0.3, 0.4) is 0 Å². The van der Waals surface area contributed by atoms with Gasteiger partial charge in [-0.1, -0.05) is 44.8 Å². The molecule has 0 aliphatic heterocycles. The first kappa shape index (κ1) is 12.2. The molecule has 0 heterocycles. The normalized spacial score (nSPS) is 43.7. The van der Waals surface area contributed by atoms with Gasteiger partial charge in [0.25, 0.3) is 0 Å². The van der Waals surface area contributed by atoms with Gasteiger partial charge < -0.3 is 0 Å². The summed E-state index contributed by atoms with van der Waals surface area (Å²) in [6, 6.07) is 0. The van der Waals surface area contributed by atoms with E-state index < -0.39 is 0 Å². The van der Waals surface area contributed by atoms with Crippen LogP contribution in [0.5, 0.6) is 0 Å². The molecule has 0 bridgehead atoms. The van der Waals surface area contributed by atoms with Crippen LogP contribution in [0.4, 0.5) is 0 Å². The van der Waals surface area contributed by atoms with E-state index in [0.717, 1.165) is 29.6 Å². The van der Waals surface area contributed by atoms with E-state index in [4.69, 9.17) is 0 Å². The lowest BCUT2D eigenvalue weighted by atomic mass is 9.65. The number of rotatable bonds is 2. The smallest absolute Gasteiger partial charge is 0.0167 e. The largest absolute Gasteiger partial charge is 0.0710 e. The van der Waals surface area contributed by atoms with E-state index in [1.807, 2.05) is 0 Å². The van der Waals surface area contributed by atoms with E-state index >= 15 is 0 Å². The van der Waals surface area contributed by atoms with Gasteiger partial charge in [0.1, 0.15) is 0 Å². The molecule has 0 aromatic carbocycles. The summed E-state index contributed by atoms with van der Waals surface area (Å²) in [6.45, 7) is 12.0. The Bertz CT molecular complexity index is 286. The molecular formula is C16H28. The first-order chi connectivity index (χ1) is 7.60. The Morgan fingerprint density at radius 2 is 1.50 bits per heavy atom. The van der Waals surface area contributed by atoms with Crippen molar-refractivity contribution in [2.45, 2.75) is 60.3 Å². The third-order valence-electron chi connectivity index (χ3n) is 5.87. The zero-order chi connectivity index (χ0) is 11.9. The molecule has 0 amide bonds. The SMILES string of the molecule is CC[C@@H]1CC2C(C)=C(C)C(C)C2C[C@@H]1CC.